The van der Waals surface area contributed by atoms with Crippen molar-refractivity contribution in [3.63, 3.8) is 0 Å². The predicted molar refractivity (Wildman–Crippen MR) is 88.7 cm³/mol. The summed E-state index contributed by atoms with van der Waals surface area (Å²) < 4.78 is 5.69. The second-order valence-corrected chi connectivity index (χ2v) is 6.97. The first kappa shape index (κ1) is 18.9. The number of likely N-dealkylation sites (tertiary alicyclic amines) is 1. The molecule has 0 radical (unpaired) electrons. The van der Waals surface area contributed by atoms with E-state index in [0.29, 0.717) is 12.1 Å². The maximum Gasteiger partial charge on any atom is 0.0610 e. The van der Waals surface area contributed by atoms with Crippen molar-refractivity contribution in [3.05, 3.63) is 0 Å². The Hall–Kier alpha value is -0.160. The number of hydrogen-bond acceptors (Lipinski definition) is 4. The topological polar surface area (TPSA) is 44.7 Å². The molecule has 1 aliphatic rings. The van der Waals surface area contributed by atoms with Crippen LogP contribution in [0, 0.1) is 0 Å². The van der Waals surface area contributed by atoms with E-state index in [1.807, 2.05) is 0 Å². The Bertz CT molecular complexity index is 266. The smallest absolute Gasteiger partial charge is 0.0610 e. The van der Waals surface area contributed by atoms with Gasteiger partial charge in [0, 0.05) is 31.3 Å². The third kappa shape index (κ3) is 7.59. The Morgan fingerprint density at radius 2 is 1.95 bits per heavy atom. The average molecular weight is 300 g/mol. The van der Waals surface area contributed by atoms with Crippen LogP contribution >= 0.6 is 0 Å². The van der Waals surface area contributed by atoms with Gasteiger partial charge in [-0.1, -0.05) is 20.3 Å². The molecule has 1 unspecified atom stereocenters. The van der Waals surface area contributed by atoms with Crippen LogP contribution in [-0.2, 0) is 4.74 Å². The third-order valence-electron chi connectivity index (χ3n) is 4.38. The number of nitrogens with zero attached hydrogens (tertiary/aromatic N) is 1. The molecule has 0 aromatic rings. The fourth-order valence-electron chi connectivity index (χ4n) is 3.28. The monoisotopic (exact) mass is 300 g/mol. The molecule has 1 fully saturated rings. The summed E-state index contributed by atoms with van der Waals surface area (Å²) in [5.74, 6) is 0. The Morgan fingerprint density at radius 1 is 1.29 bits per heavy atom. The molecule has 1 rings (SSSR count). The Balaban J connectivity index is 2.14. The van der Waals surface area contributed by atoms with Gasteiger partial charge in [-0.3, -0.25) is 0 Å². The fraction of sp³-hybridized carbons (Fsp3) is 1.00. The lowest BCUT2D eigenvalue weighted by Crippen LogP contribution is -2.49. The lowest BCUT2D eigenvalue weighted by atomic mass is 9.94. The van der Waals surface area contributed by atoms with Gasteiger partial charge in [-0.25, -0.2) is 0 Å². The zero-order valence-electron chi connectivity index (χ0n) is 14.5. The molecule has 21 heavy (non-hydrogen) atoms. The molecule has 0 amide bonds. The summed E-state index contributed by atoms with van der Waals surface area (Å²) in [6.07, 6.45) is 6.27. The van der Waals surface area contributed by atoms with E-state index >= 15 is 0 Å². The molecule has 0 spiro atoms. The number of piperidine rings is 1. The number of aliphatic hydroxyl groups is 1. The van der Waals surface area contributed by atoms with Gasteiger partial charge in [-0.05, 0) is 46.1 Å². The van der Waals surface area contributed by atoms with Crippen LogP contribution < -0.4 is 5.32 Å². The first-order chi connectivity index (χ1) is 9.99. The highest BCUT2D eigenvalue weighted by atomic mass is 16.5. The third-order valence-corrected chi connectivity index (χ3v) is 4.38. The Labute approximate surface area is 131 Å². The van der Waals surface area contributed by atoms with Crippen molar-refractivity contribution in [2.75, 3.05) is 32.8 Å². The van der Waals surface area contributed by atoms with E-state index in [1.54, 1.807) is 0 Å². The molecular weight excluding hydrogens is 264 g/mol. The Morgan fingerprint density at radius 3 is 2.48 bits per heavy atom. The molecule has 0 aliphatic carbocycles. The predicted octanol–water partition coefficient (Wildman–Crippen LogP) is 2.41. The van der Waals surface area contributed by atoms with E-state index < -0.39 is 0 Å². The minimum Gasteiger partial charge on any atom is -0.394 e. The van der Waals surface area contributed by atoms with Crippen molar-refractivity contribution in [1.82, 2.24) is 10.2 Å². The normalized spacial score (nSPS) is 20.9. The standard InChI is InChI=1S/C17H36N2O2/c1-5-21-16-8-12-19(13-9-16)11-7-6-10-17(4,14-20)18-15(2)3/h15-16,18,20H,5-14H2,1-4H3. The molecule has 0 saturated carbocycles. The van der Waals surface area contributed by atoms with E-state index in [9.17, 15) is 5.11 Å². The van der Waals surface area contributed by atoms with Gasteiger partial charge in [0.15, 0.2) is 0 Å². The molecule has 4 nitrogen and oxygen atoms in total. The summed E-state index contributed by atoms with van der Waals surface area (Å²) >= 11 is 0. The highest BCUT2D eigenvalue weighted by Crippen LogP contribution is 2.17. The molecule has 4 heteroatoms. The minimum atomic E-state index is -0.129. The van der Waals surface area contributed by atoms with Crippen LogP contribution in [0.4, 0.5) is 0 Å². The van der Waals surface area contributed by atoms with E-state index in [1.165, 1.54) is 45.3 Å². The van der Waals surface area contributed by atoms with Gasteiger partial charge in [-0.15, -0.1) is 0 Å². The van der Waals surface area contributed by atoms with Gasteiger partial charge in [0.05, 0.1) is 12.7 Å². The molecule has 1 aliphatic heterocycles. The number of ether oxygens (including phenoxy) is 1. The summed E-state index contributed by atoms with van der Waals surface area (Å²) in [6.45, 7) is 13.1. The lowest BCUT2D eigenvalue weighted by Gasteiger charge is -2.33. The van der Waals surface area contributed by atoms with Gasteiger partial charge in [0.25, 0.3) is 0 Å². The molecule has 1 heterocycles. The maximum atomic E-state index is 9.58. The molecule has 1 saturated heterocycles. The lowest BCUT2D eigenvalue weighted by molar-refractivity contribution is 0.0138. The molecular formula is C17H36N2O2. The van der Waals surface area contributed by atoms with Crippen molar-refractivity contribution in [2.45, 2.75) is 77.5 Å². The summed E-state index contributed by atoms with van der Waals surface area (Å²) in [6, 6.07) is 0.416. The fourth-order valence-corrected chi connectivity index (χ4v) is 3.28. The number of rotatable bonds is 10. The van der Waals surface area contributed by atoms with Gasteiger partial charge in [0.2, 0.25) is 0 Å². The first-order valence-electron chi connectivity index (χ1n) is 8.71. The van der Waals surface area contributed by atoms with Crippen molar-refractivity contribution >= 4 is 0 Å². The molecule has 2 N–H and O–H groups in total. The summed E-state index contributed by atoms with van der Waals surface area (Å²) in [5.41, 5.74) is -0.129. The van der Waals surface area contributed by atoms with Gasteiger partial charge < -0.3 is 20.1 Å². The van der Waals surface area contributed by atoms with Crippen molar-refractivity contribution in [3.8, 4) is 0 Å². The highest BCUT2D eigenvalue weighted by Gasteiger charge is 2.23. The van der Waals surface area contributed by atoms with Crippen molar-refractivity contribution in [1.29, 1.82) is 0 Å². The minimum absolute atomic E-state index is 0.129. The maximum absolute atomic E-state index is 9.58. The zero-order chi connectivity index (χ0) is 15.7. The Kier molecular flexibility index (Phi) is 8.79. The van der Waals surface area contributed by atoms with Gasteiger partial charge >= 0.3 is 0 Å². The molecule has 0 aromatic heterocycles. The number of nitrogens with one attached hydrogen (secondary N) is 1. The number of aliphatic hydroxyl groups excluding tert-OH is 1. The van der Waals surface area contributed by atoms with E-state index in [0.717, 1.165) is 13.0 Å². The van der Waals surface area contributed by atoms with Crippen molar-refractivity contribution in [2.24, 2.45) is 0 Å². The second kappa shape index (κ2) is 9.78. The van der Waals surface area contributed by atoms with Crippen LogP contribution in [0.15, 0.2) is 0 Å². The zero-order valence-corrected chi connectivity index (χ0v) is 14.5. The first-order valence-corrected chi connectivity index (χ1v) is 8.71. The summed E-state index contributed by atoms with van der Waals surface area (Å²) in [4.78, 5) is 2.56. The largest absolute Gasteiger partial charge is 0.394 e. The van der Waals surface area contributed by atoms with Crippen LogP contribution in [0.2, 0.25) is 0 Å². The van der Waals surface area contributed by atoms with E-state index in [2.05, 4.69) is 37.9 Å². The van der Waals surface area contributed by atoms with Gasteiger partial charge in [0.1, 0.15) is 0 Å². The average Bonchev–Trinajstić information content (AvgIpc) is 2.45. The molecule has 0 aromatic carbocycles. The molecule has 1 atom stereocenters. The quantitative estimate of drug-likeness (QED) is 0.608. The highest BCUT2D eigenvalue weighted by molar-refractivity contribution is 4.84. The summed E-state index contributed by atoms with van der Waals surface area (Å²) in [5, 5.41) is 13.1. The number of unbranched alkanes of at least 4 members (excludes halogenated alkanes) is 1. The van der Waals surface area contributed by atoms with Crippen LogP contribution in [0.25, 0.3) is 0 Å². The van der Waals surface area contributed by atoms with Gasteiger partial charge in [-0.2, -0.15) is 0 Å². The SMILES string of the molecule is CCOC1CCN(CCCCC(C)(CO)NC(C)C)CC1. The van der Waals surface area contributed by atoms with Crippen LogP contribution in [0.1, 0.15) is 59.8 Å². The number of hydrogen-bond donors (Lipinski definition) is 2. The second-order valence-electron chi connectivity index (χ2n) is 6.97. The van der Waals surface area contributed by atoms with Crippen LogP contribution in [0.3, 0.4) is 0 Å². The van der Waals surface area contributed by atoms with E-state index in [-0.39, 0.29) is 12.1 Å². The van der Waals surface area contributed by atoms with Crippen LogP contribution in [-0.4, -0.2) is 60.5 Å². The molecule has 126 valence electrons. The van der Waals surface area contributed by atoms with E-state index in [4.69, 9.17) is 4.74 Å². The van der Waals surface area contributed by atoms with Crippen LogP contribution in [0.5, 0.6) is 0 Å². The molecule has 0 bridgehead atoms. The van der Waals surface area contributed by atoms with Crippen molar-refractivity contribution < 1.29 is 9.84 Å². The summed E-state index contributed by atoms with van der Waals surface area (Å²) in [7, 11) is 0.